The fraction of sp³-hybridized carbons (Fsp3) is 0.261. The molecule has 0 aliphatic carbocycles. The van der Waals surface area contributed by atoms with Crippen LogP contribution in [0.15, 0.2) is 59.9 Å². The maximum Gasteiger partial charge on any atom is 0.341 e. The average molecular weight is 423 g/mol. The number of ether oxygens (including phenoxy) is 1. The first-order valence-corrected chi connectivity index (χ1v) is 10.4. The van der Waals surface area contributed by atoms with Crippen LogP contribution in [0.4, 0.5) is 5.13 Å². The number of anilines is 1. The van der Waals surface area contributed by atoms with Crippen molar-refractivity contribution in [2.45, 2.75) is 39.3 Å². The van der Waals surface area contributed by atoms with Gasteiger partial charge in [-0.15, -0.1) is 0 Å². The number of carbonyl (C=O) groups excluding carboxylic acids is 2. The molecule has 1 unspecified atom stereocenters. The van der Waals surface area contributed by atoms with Gasteiger partial charge in [-0.25, -0.2) is 9.78 Å². The van der Waals surface area contributed by atoms with Crippen molar-refractivity contribution in [2.24, 2.45) is 0 Å². The number of thiazole rings is 1. The summed E-state index contributed by atoms with van der Waals surface area (Å²) in [6.07, 6.45) is 0. The summed E-state index contributed by atoms with van der Waals surface area (Å²) in [6.45, 7) is 7.18. The molecule has 2 heterocycles. The molecule has 0 saturated heterocycles. The molecule has 30 heavy (non-hydrogen) atoms. The molecule has 1 N–H and O–H groups in total. The Morgan fingerprint density at radius 1 is 1.13 bits per heavy atom. The fourth-order valence-electron chi connectivity index (χ4n) is 3.47. The summed E-state index contributed by atoms with van der Waals surface area (Å²) in [7, 11) is 0. The van der Waals surface area contributed by atoms with E-state index in [0.29, 0.717) is 10.7 Å². The number of amides is 1. The van der Waals surface area contributed by atoms with Crippen LogP contribution in [0.2, 0.25) is 0 Å². The van der Waals surface area contributed by atoms with Crippen LogP contribution in [0.5, 0.6) is 0 Å². The van der Waals surface area contributed by atoms with Gasteiger partial charge in [0.25, 0.3) is 5.91 Å². The lowest BCUT2D eigenvalue weighted by molar-refractivity contribution is -0.150. The van der Waals surface area contributed by atoms with Crippen molar-refractivity contribution < 1.29 is 19.4 Å². The molecule has 154 valence electrons. The monoisotopic (exact) mass is 422 g/mol. The number of esters is 1. The molecular weight excluding hydrogens is 400 g/mol. The second kappa shape index (κ2) is 7.25. The number of carbonyl (C=O) groups is 2. The van der Waals surface area contributed by atoms with Crippen molar-refractivity contribution in [3.8, 4) is 0 Å². The summed E-state index contributed by atoms with van der Waals surface area (Å²) in [5.74, 6) is -1.99. The molecule has 6 nitrogen and oxygen atoms in total. The molecular formula is C23H22N2O4S. The molecule has 0 fully saturated rings. The number of hydrogen-bond acceptors (Lipinski definition) is 6. The van der Waals surface area contributed by atoms with E-state index in [1.807, 2.05) is 55.5 Å². The minimum absolute atomic E-state index is 0.0721. The summed E-state index contributed by atoms with van der Waals surface area (Å²) < 4.78 is 6.43. The van der Waals surface area contributed by atoms with Crippen LogP contribution in [0, 0.1) is 6.92 Å². The minimum Gasteiger partial charge on any atom is -0.503 e. The Balaban J connectivity index is 1.87. The summed E-state index contributed by atoms with van der Waals surface area (Å²) in [5, 5.41) is 11.1. The Morgan fingerprint density at radius 2 is 1.83 bits per heavy atom. The van der Waals surface area contributed by atoms with Crippen molar-refractivity contribution in [2.75, 3.05) is 4.90 Å². The number of fused-ring (bicyclic) bond motifs is 1. The molecule has 4 rings (SSSR count). The van der Waals surface area contributed by atoms with Crippen LogP contribution in [-0.4, -0.2) is 27.6 Å². The van der Waals surface area contributed by atoms with E-state index in [2.05, 4.69) is 4.98 Å². The van der Waals surface area contributed by atoms with Crippen molar-refractivity contribution in [1.29, 1.82) is 0 Å². The van der Waals surface area contributed by atoms with Gasteiger partial charge in [-0.2, -0.15) is 0 Å². The smallest absolute Gasteiger partial charge is 0.341 e. The number of aryl methyl sites for hydroxylation is 1. The Hall–Kier alpha value is -3.19. The third-order valence-corrected chi connectivity index (χ3v) is 5.78. The molecule has 1 atom stereocenters. The highest BCUT2D eigenvalue weighted by Crippen LogP contribution is 2.44. The third-order valence-electron chi connectivity index (χ3n) is 4.76. The molecule has 0 radical (unpaired) electrons. The zero-order chi connectivity index (χ0) is 21.6. The van der Waals surface area contributed by atoms with Gasteiger partial charge in [0.05, 0.1) is 10.2 Å². The lowest BCUT2D eigenvalue weighted by Gasteiger charge is -2.26. The number of para-hydroxylation sites is 1. The topological polar surface area (TPSA) is 79.7 Å². The van der Waals surface area contributed by atoms with Gasteiger partial charge in [-0.05, 0) is 44.9 Å². The molecule has 3 aromatic rings. The van der Waals surface area contributed by atoms with Crippen molar-refractivity contribution in [3.63, 3.8) is 0 Å². The van der Waals surface area contributed by atoms with Crippen LogP contribution in [0.1, 0.15) is 37.9 Å². The van der Waals surface area contributed by atoms with Gasteiger partial charge >= 0.3 is 5.97 Å². The standard InChI is InChI=1S/C23H22N2O4S/c1-13-9-8-12-15-17(13)24-22(30-15)25-18(14-10-6-5-7-11-14)16(19(26)20(25)27)21(28)29-23(2,3)4/h5-12,18,26H,1-4H3. The van der Waals surface area contributed by atoms with Gasteiger partial charge in [0, 0.05) is 0 Å². The fourth-order valence-corrected chi connectivity index (χ4v) is 4.54. The highest BCUT2D eigenvalue weighted by atomic mass is 32.1. The number of rotatable bonds is 3. The van der Waals surface area contributed by atoms with E-state index in [9.17, 15) is 14.7 Å². The van der Waals surface area contributed by atoms with Gasteiger partial charge in [0.1, 0.15) is 17.2 Å². The van der Waals surface area contributed by atoms with Gasteiger partial charge < -0.3 is 9.84 Å². The molecule has 1 aliphatic heterocycles. The molecule has 0 spiro atoms. The summed E-state index contributed by atoms with van der Waals surface area (Å²) in [4.78, 5) is 32.1. The Labute approximate surface area is 178 Å². The quantitative estimate of drug-likeness (QED) is 0.611. The maximum atomic E-state index is 13.1. The van der Waals surface area contributed by atoms with E-state index in [1.54, 1.807) is 20.8 Å². The zero-order valence-electron chi connectivity index (χ0n) is 17.2. The molecule has 1 aliphatic rings. The van der Waals surface area contributed by atoms with Crippen LogP contribution in [0.3, 0.4) is 0 Å². The highest BCUT2D eigenvalue weighted by molar-refractivity contribution is 7.22. The van der Waals surface area contributed by atoms with Gasteiger partial charge in [0.2, 0.25) is 0 Å². The van der Waals surface area contributed by atoms with Gasteiger partial charge in [0.15, 0.2) is 10.9 Å². The first-order chi connectivity index (χ1) is 14.2. The number of aliphatic hydroxyl groups is 1. The Bertz CT molecular complexity index is 1170. The van der Waals surface area contributed by atoms with Gasteiger partial charge in [-0.1, -0.05) is 53.8 Å². The van der Waals surface area contributed by atoms with Crippen molar-refractivity contribution >= 4 is 38.6 Å². The summed E-state index contributed by atoms with van der Waals surface area (Å²) in [6, 6.07) is 14.1. The van der Waals surface area contributed by atoms with E-state index in [4.69, 9.17) is 4.74 Å². The SMILES string of the molecule is Cc1cccc2sc(N3C(=O)C(O)=C(C(=O)OC(C)(C)C)C3c3ccccc3)nc12. The first-order valence-electron chi connectivity index (χ1n) is 9.58. The predicted molar refractivity (Wildman–Crippen MR) is 117 cm³/mol. The predicted octanol–water partition coefficient (Wildman–Crippen LogP) is 4.85. The number of aromatic nitrogens is 1. The first kappa shape index (κ1) is 20.1. The number of aliphatic hydroxyl groups excluding tert-OH is 1. The average Bonchev–Trinajstić information content (AvgIpc) is 3.21. The third kappa shape index (κ3) is 3.45. The Morgan fingerprint density at radius 3 is 2.47 bits per heavy atom. The number of benzene rings is 2. The largest absolute Gasteiger partial charge is 0.503 e. The highest BCUT2D eigenvalue weighted by Gasteiger charge is 2.47. The van der Waals surface area contributed by atoms with E-state index in [1.165, 1.54) is 16.2 Å². The number of hydrogen-bond donors (Lipinski definition) is 1. The van der Waals surface area contributed by atoms with Crippen LogP contribution >= 0.6 is 11.3 Å². The van der Waals surface area contributed by atoms with Crippen molar-refractivity contribution in [1.82, 2.24) is 4.98 Å². The second-order valence-electron chi connectivity index (χ2n) is 8.17. The minimum atomic E-state index is -0.825. The van der Waals surface area contributed by atoms with Crippen LogP contribution in [-0.2, 0) is 14.3 Å². The molecule has 1 amide bonds. The lowest BCUT2D eigenvalue weighted by atomic mass is 9.99. The molecule has 1 aromatic heterocycles. The van der Waals surface area contributed by atoms with Crippen molar-refractivity contribution in [3.05, 3.63) is 71.0 Å². The van der Waals surface area contributed by atoms with E-state index in [-0.39, 0.29) is 5.57 Å². The van der Waals surface area contributed by atoms with Gasteiger partial charge in [-0.3, -0.25) is 9.69 Å². The molecule has 0 saturated carbocycles. The van der Waals surface area contributed by atoms with Crippen LogP contribution in [0.25, 0.3) is 10.2 Å². The molecule has 0 bridgehead atoms. The number of nitrogens with zero attached hydrogens (tertiary/aromatic N) is 2. The van der Waals surface area contributed by atoms with E-state index < -0.39 is 29.3 Å². The maximum absolute atomic E-state index is 13.1. The summed E-state index contributed by atoms with van der Waals surface area (Å²) in [5.41, 5.74) is 1.63. The van der Waals surface area contributed by atoms with E-state index >= 15 is 0 Å². The second-order valence-corrected chi connectivity index (χ2v) is 9.18. The summed E-state index contributed by atoms with van der Waals surface area (Å²) >= 11 is 1.34. The Kier molecular flexibility index (Phi) is 4.86. The molecule has 2 aromatic carbocycles. The zero-order valence-corrected chi connectivity index (χ0v) is 18.0. The van der Waals surface area contributed by atoms with Crippen LogP contribution < -0.4 is 4.90 Å². The molecule has 7 heteroatoms. The normalized spacial score (nSPS) is 17.1. The lowest BCUT2D eigenvalue weighted by Crippen LogP contribution is -2.32. The van der Waals surface area contributed by atoms with E-state index in [0.717, 1.165) is 15.8 Å².